The Labute approximate surface area is 134 Å². The first-order chi connectivity index (χ1) is 10.7. The third-order valence-electron chi connectivity index (χ3n) is 3.83. The van der Waals surface area contributed by atoms with E-state index in [4.69, 9.17) is 10.00 Å². The largest absolute Gasteiger partial charge is 0.444 e. The van der Waals surface area contributed by atoms with Crippen molar-refractivity contribution in [3.05, 3.63) is 34.9 Å². The van der Waals surface area contributed by atoms with Gasteiger partial charge in [-0.05, 0) is 51.2 Å². The van der Waals surface area contributed by atoms with E-state index in [2.05, 4.69) is 0 Å². The Bertz CT molecular complexity index is 639. The molecule has 1 fully saturated rings. The molecule has 124 valence electrons. The zero-order valence-corrected chi connectivity index (χ0v) is 13.5. The Hall–Kier alpha value is -2.16. The van der Waals surface area contributed by atoms with Crippen molar-refractivity contribution < 1.29 is 18.3 Å². The lowest BCUT2D eigenvalue weighted by Gasteiger charge is -2.33. The number of carbonyl (C=O) groups excluding carboxylic acids is 1. The summed E-state index contributed by atoms with van der Waals surface area (Å²) < 4.78 is 32.3. The monoisotopic (exact) mass is 322 g/mol. The predicted octanol–water partition coefficient (Wildman–Crippen LogP) is 3.95. The molecule has 1 aliphatic rings. The molecule has 1 aliphatic heterocycles. The Morgan fingerprint density at radius 3 is 2.43 bits per heavy atom. The van der Waals surface area contributed by atoms with E-state index in [0.29, 0.717) is 31.5 Å². The van der Waals surface area contributed by atoms with Crippen LogP contribution in [-0.4, -0.2) is 29.7 Å². The third-order valence-corrected chi connectivity index (χ3v) is 3.83. The Kier molecular flexibility index (Phi) is 4.88. The lowest BCUT2D eigenvalue weighted by Crippen LogP contribution is -2.41. The Morgan fingerprint density at radius 1 is 1.30 bits per heavy atom. The average Bonchev–Trinajstić information content (AvgIpc) is 2.48. The summed E-state index contributed by atoms with van der Waals surface area (Å²) in [6.07, 6.45) is 0.791. The van der Waals surface area contributed by atoms with Gasteiger partial charge in [-0.25, -0.2) is 13.6 Å². The van der Waals surface area contributed by atoms with Crippen LogP contribution in [0.15, 0.2) is 12.1 Å². The van der Waals surface area contributed by atoms with Crippen molar-refractivity contribution in [2.24, 2.45) is 0 Å². The maximum atomic E-state index is 13.7. The number of hydrogen-bond donors (Lipinski definition) is 0. The molecule has 1 aromatic rings. The minimum absolute atomic E-state index is 0.0709. The van der Waals surface area contributed by atoms with Gasteiger partial charge in [0.25, 0.3) is 0 Å². The number of amides is 1. The van der Waals surface area contributed by atoms with Crippen LogP contribution >= 0.6 is 0 Å². The topological polar surface area (TPSA) is 53.3 Å². The zero-order valence-electron chi connectivity index (χ0n) is 13.5. The summed E-state index contributed by atoms with van der Waals surface area (Å²) in [6, 6.07) is 4.26. The number of carbonyl (C=O) groups is 1. The zero-order chi connectivity index (χ0) is 17.2. The molecule has 0 atom stereocenters. The molecule has 1 heterocycles. The number of nitriles is 1. The first kappa shape index (κ1) is 17.2. The smallest absolute Gasteiger partial charge is 0.410 e. The first-order valence-electron chi connectivity index (χ1n) is 7.59. The fourth-order valence-corrected chi connectivity index (χ4v) is 2.72. The summed E-state index contributed by atoms with van der Waals surface area (Å²) in [7, 11) is 0. The molecule has 0 bridgehead atoms. The molecule has 4 nitrogen and oxygen atoms in total. The van der Waals surface area contributed by atoms with Gasteiger partial charge >= 0.3 is 6.09 Å². The molecular formula is C17H20F2N2O2. The van der Waals surface area contributed by atoms with Gasteiger partial charge in [-0.15, -0.1) is 0 Å². The maximum Gasteiger partial charge on any atom is 0.410 e. The van der Waals surface area contributed by atoms with Gasteiger partial charge in [0.05, 0.1) is 5.56 Å². The van der Waals surface area contributed by atoms with Crippen LogP contribution in [0, 0.1) is 23.0 Å². The average molecular weight is 322 g/mol. The second-order valence-corrected chi connectivity index (χ2v) is 6.68. The highest BCUT2D eigenvalue weighted by atomic mass is 19.2. The van der Waals surface area contributed by atoms with Crippen LogP contribution in [0.5, 0.6) is 0 Å². The number of rotatable bonds is 1. The van der Waals surface area contributed by atoms with Gasteiger partial charge < -0.3 is 9.64 Å². The highest BCUT2D eigenvalue weighted by Crippen LogP contribution is 2.32. The van der Waals surface area contributed by atoms with Crippen LogP contribution in [0.1, 0.15) is 50.7 Å². The number of ether oxygens (including phenoxy) is 1. The van der Waals surface area contributed by atoms with Crippen molar-refractivity contribution in [2.75, 3.05) is 13.1 Å². The van der Waals surface area contributed by atoms with E-state index in [1.807, 2.05) is 0 Å². The van der Waals surface area contributed by atoms with E-state index in [1.54, 1.807) is 31.7 Å². The molecule has 0 N–H and O–H groups in total. The Morgan fingerprint density at radius 2 is 1.91 bits per heavy atom. The molecule has 1 aromatic carbocycles. The van der Waals surface area contributed by atoms with E-state index in [-0.39, 0.29) is 17.6 Å². The van der Waals surface area contributed by atoms with E-state index in [0.717, 1.165) is 6.07 Å². The number of hydrogen-bond acceptors (Lipinski definition) is 3. The van der Waals surface area contributed by atoms with Gasteiger partial charge in [-0.2, -0.15) is 5.26 Å². The summed E-state index contributed by atoms with van der Waals surface area (Å²) >= 11 is 0. The van der Waals surface area contributed by atoms with Gasteiger partial charge in [-0.3, -0.25) is 0 Å². The Balaban J connectivity index is 2.07. The van der Waals surface area contributed by atoms with Crippen molar-refractivity contribution >= 4 is 6.09 Å². The van der Waals surface area contributed by atoms with Crippen LogP contribution in [-0.2, 0) is 4.74 Å². The van der Waals surface area contributed by atoms with Gasteiger partial charge in [-0.1, -0.05) is 6.07 Å². The minimum Gasteiger partial charge on any atom is -0.444 e. The molecule has 6 heteroatoms. The summed E-state index contributed by atoms with van der Waals surface area (Å²) in [5, 5.41) is 9.08. The summed E-state index contributed by atoms with van der Waals surface area (Å²) in [5.74, 6) is -2.19. The van der Waals surface area contributed by atoms with E-state index in [9.17, 15) is 13.6 Å². The summed E-state index contributed by atoms with van der Waals surface area (Å²) in [4.78, 5) is 13.6. The fraction of sp³-hybridized carbons (Fsp3) is 0.529. The van der Waals surface area contributed by atoms with Crippen LogP contribution in [0.25, 0.3) is 0 Å². The third kappa shape index (κ3) is 3.98. The number of benzene rings is 1. The lowest BCUT2D eigenvalue weighted by molar-refractivity contribution is 0.0204. The molecule has 2 rings (SSSR count). The van der Waals surface area contributed by atoms with Crippen molar-refractivity contribution in [3.8, 4) is 6.07 Å². The second-order valence-electron chi connectivity index (χ2n) is 6.68. The van der Waals surface area contributed by atoms with Crippen molar-refractivity contribution in [1.29, 1.82) is 5.26 Å². The van der Waals surface area contributed by atoms with Gasteiger partial charge in [0.2, 0.25) is 0 Å². The lowest BCUT2D eigenvalue weighted by atomic mass is 9.86. The highest BCUT2D eigenvalue weighted by Gasteiger charge is 2.29. The molecule has 0 saturated carbocycles. The van der Waals surface area contributed by atoms with Crippen molar-refractivity contribution in [1.82, 2.24) is 4.90 Å². The number of likely N-dealkylation sites (tertiary alicyclic amines) is 1. The quantitative estimate of drug-likeness (QED) is 0.786. The molecular weight excluding hydrogens is 302 g/mol. The second kappa shape index (κ2) is 6.53. The van der Waals surface area contributed by atoms with E-state index < -0.39 is 17.2 Å². The fourth-order valence-electron chi connectivity index (χ4n) is 2.72. The van der Waals surface area contributed by atoms with Gasteiger partial charge in [0.15, 0.2) is 11.6 Å². The molecule has 23 heavy (non-hydrogen) atoms. The first-order valence-corrected chi connectivity index (χ1v) is 7.59. The number of piperidine rings is 1. The normalized spacial score (nSPS) is 16.1. The van der Waals surface area contributed by atoms with Crippen LogP contribution in [0.3, 0.4) is 0 Å². The highest BCUT2D eigenvalue weighted by molar-refractivity contribution is 5.68. The molecule has 0 aromatic heterocycles. The minimum atomic E-state index is -1.10. The van der Waals surface area contributed by atoms with Crippen LogP contribution < -0.4 is 0 Å². The van der Waals surface area contributed by atoms with E-state index in [1.165, 1.54) is 6.07 Å². The predicted molar refractivity (Wildman–Crippen MR) is 80.9 cm³/mol. The number of halogens is 2. The standard InChI is InChI=1S/C17H20F2N2O2/c1-17(2,3)23-16(22)21-8-6-11(7-9-21)12-4-5-14(18)15(19)13(12)10-20/h4-5,11H,6-9H2,1-3H3. The number of nitrogens with zero attached hydrogens (tertiary/aromatic N) is 2. The molecule has 0 unspecified atom stereocenters. The summed E-state index contributed by atoms with van der Waals surface area (Å²) in [6.45, 7) is 6.33. The molecule has 1 amide bonds. The van der Waals surface area contributed by atoms with Crippen molar-refractivity contribution in [2.45, 2.75) is 45.1 Å². The van der Waals surface area contributed by atoms with E-state index >= 15 is 0 Å². The van der Waals surface area contributed by atoms with Crippen LogP contribution in [0.2, 0.25) is 0 Å². The molecule has 1 saturated heterocycles. The van der Waals surface area contributed by atoms with Crippen LogP contribution in [0.4, 0.5) is 13.6 Å². The summed E-state index contributed by atoms with van der Waals surface area (Å²) in [5.41, 5.74) is -0.280. The molecule has 0 radical (unpaired) electrons. The van der Waals surface area contributed by atoms with Gasteiger partial charge in [0, 0.05) is 13.1 Å². The molecule has 0 spiro atoms. The van der Waals surface area contributed by atoms with Gasteiger partial charge in [0.1, 0.15) is 11.7 Å². The SMILES string of the molecule is CC(C)(C)OC(=O)N1CCC(c2ccc(F)c(F)c2C#N)CC1. The molecule has 0 aliphatic carbocycles. The van der Waals surface area contributed by atoms with Crippen molar-refractivity contribution in [3.63, 3.8) is 0 Å². The maximum absolute atomic E-state index is 13.7.